The molecule has 0 radical (unpaired) electrons. The minimum atomic E-state index is -0.0447. The summed E-state index contributed by atoms with van der Waals surface area (Å²) >= 11 is 0. The first-order chi connectivity index (χ1) is 7.66. The first-order valence-corrected chi connectivity index (χ1v) is 5.73. The molecule has 112 valence electrons. The van der Waals surface area contributed by atoms with E-state index in [9.17, 15) is 4.79 Å². The Bertz CT molecular complexity index is 176. The smallest absolute Gasteiger partial charge is 0.216 e. The number of hydrogen-bond donors (Lipinski definition) is 1. The summed E-state index contributed by atoms with van der Waals surface area (Å²) in [7, 11) is 0. The Balaban J connectivity index is -0.00000112. The van der Waals surface area contributed by atoms with Gasteiger partial charge in [-0.3, -0.25) is 4.79 Å². The fraction of sp³-hybridized carbons (Fsp3) is 0.923. The zero-order chi connectivity index (χ0) is 12.2. The molecule has 1 unspecified atom stereocenters. The largest absolute Gasteiger partial charge is 0.377 e. The van der Waals surface area contributed by atoms with E-state index in [1.165, 1.54) is 6.92 Å². The minimum Gasteiger partial charge on any atom is -0.377 e. The molecule has 0 saturated heterocycles. The lowest BCUT2D eigenvalue weighted by Gasteiger charge is -2.08. The molecule has 1 amide bonds. The van der Waals surface area contributed by atoms with Gasteiger partial charge in [0.1, 0.15) is 6.61 Å². The summed E-state index contributed by atoms with van der Waals surface area (Å²) in [6.45, 7) is 8.22. The third-order valence-electron chi connectivity index (χ3n) is 2.06. The molecule has 0 saturated carbocycles. The molecule has 0 bridgehead atoms. The quantitative estimate of drug-likeness (QED) is 0.374. The Kier molecular flexibility index (Phi) is 20.5. The molecule has 0 aliphatic rings. The second kappa shape index (κ2) is 16.4. The van der Waals surface area contributed by atoms with Crippen LogP contribution in [0.2, 0.25) is 0 Å². The maximum atomic E-state index is 10.5. The van der Waals surface area contributed by atoms with Gasteiger partial charge in [-0.05, 0) is 5.92 Å². The van der Waals surface area contributed by atoms with Crippen LogP contribution in [0.15, 0.2) is 0 Å². The minimum absolute atomic E-state index is 0. The molecule has 0 aromatic rings. The van der Waals surface area contributed by atoms with E-state index in [1.54, 1.807) is 0 Å². The molecule has 0 aliphatic carbocycles. The Morgan fingerprint density at radius 3 is 2.39 bits per heavy atom. The van der Waals surface area contributed by atoms with E-state index in [2.05, 4.69) is 19.2 Å². The van der Waals surface area contributed by atoms with Crippen LogP contribution in [0.5, 0.6) is 0 Å². The van der Waals surface area contributed by atoms with Crippen LogP contribution in [-0.2, 0) is 19.3 Å². The molecule has 1 N–H and O–H groups in total. The summed E-state index contributed by atoms with van der Waals surface area (Å²) in [5, 5.41) is 2.63. The lowest BCUT2D eigenvalue weighted by Crippen LogP contribution is -2.25. The highest BCUT2D eigenvalue weighted by Gasteiger charge is 1.98. The molecule has 1 atom stereocenters. The highest BCUT2D eigenvalue weighted by molar-refractivity contribution is 5.72. The second-order valence-electron chi connectivity index (χ2n) is 3.72. The van der Waals surface area contributed by atoms with Crippen LogP contribution in [-0.4, -0.2) is 38.9 Å². The van der Waals surface area contributed by atoms with Crippen LogP contribution >= 0.6 is 0 Å². The van der Waals surface area contributed by atoms with Crippen molar-refractivity contribution >= 4 is 5.91 Å². The summed E-state index contributed by atoms with van der Waals surface area (Å²) in [5.41, 5.74) is 0. The lowest BCUT2D eigenvalue weighted by atomic mass is 10.1. The topological polar surface area (TPSA) is 56.8 Å². The second-order valence-corrected chi connectivity index (χ2v) is 3.72. The summed E-state index contributed by atoms with van der Waals surface area (Å²) in [4.78, 5) is 20.4. The van der Waals surface area contributed by atoms with Gasteiger partial charge in [-0.25, -0.2) is 9.78 Å². The van der Waals surface area contributed by atoms with E-state index in [0.29, 0.717) is 38.9 Å². The summed E-state index contributed by atoms with van der Waals surface area (Å²) in [5.74, 6) is 0.470. The molecular weight excluding hydrogens is 234 g/mol. The number of rotatable bonds is 10. The molecule has 0 heterocycles. The molecule has 5 heteroatoms. The van der Waals surface area contributed by atoms with Crippen LogP contribution < -0.4 is 5.32 Å². The van der Waals surface area contributed by atoms with Gasteiger partial charge in [-0.2, -0.15) is 0 Å². The highest BCUT2D eigenvalue weighted by Crippen LogP contribution is 2.00. The van der Waals surface area contributed by atoms with Gasteiger partial charge in [-0.15, -0.1) is 0 Å². The highest BCUT2D eigenvalue weighted by atomic mass is 17.2. The molecule has 0 aliphatic heterocycles. The molecular formula is C13H31NO4. The predicted molar refractivity (Wildman–Crippen MR) is 74.3 cm³/mol. The third-order valence-corrected chi connectivity index (χ3v) is 2.06. The van der Waals surface area contributed by atoms with Crippen molar-refractivity contribution in [2.24, 2.45) is 5.92 Å². The van der Waals surface area contributed by atoms with Crippen LogP contribution in [0.25, 0.3) is 0 Å². The van der Waals surface area contributed by atoms with Gasteiger partial charge in [0.25, 0.3) is 0 Å². The number of hydrogen-bond acceptors (Lipinski definition) is 4. The van der Waals surface area contributed by atoms with E-state index < -0.39 is 0 Å². The van der Waals surface area contributed by atoms with E-state index >= 15 is 0 Å². The monoisotopic (exact) mass is 265 g/mol. The van der Waals surface area contributed by atoms with Gasteiger partial charge >= 0.3 is 0 Å². The van der Waals surface area contributed by atoms with Crippen LogP contribution in [0.3, 0.4) is 0 Å². The number of amides is 1. The predicted octanol–water partition coefficient (Wildman–Crippen LogP) is 2.41. The summed E-state index contributed by atoms with van der Waals surface area (Å²) in [6.07, 6.45) is 1.08. The molecule has 18 heavy (non-hydrogen) atoms. The molecule has 0 fully saturated rings. The third kappa shape index (κ3) is 17.7. The number of ether oxygens (including phenoxy) is 1. The van der Waals surface area contributed by atoms with Crippen molar-refractivity contribution in [3.8, 4) is 0 Å². The van der Waals surface area contributed by atoms with Crippen molar-refractivity contribution < 1.29 is 19.3 Å². The van der Waals surface area contributed by atoms with Gasteiger partial charge in [0.2, 0.25) is 5.91 Å². The SMILES string of the molecule is C.C.CCC(C)COOCCOCCNC(C)=O. The fourth-order valence-corrected chi connectivity index (χ4v) is 0.835. The average molecular weight is 265 g/mol. The van der Waals surface area contributed by atoms with Crippen molar-refractivity contribution in [1.29, 1.82) is 0 Å². The van der Waals surface area contributed by atoms with Crippen LogP contribution in [0.4, 0.5) is 0 Å². The number of carbonyl (C=O) groups is 1. The van der Waals surface area contributed by atoms with Crippen molar-refractivity contribution in [3.05, 3.63) is 0 Å². The fourth-order valence-electron chi connectivity index (χ4n) is 0.835. The Morgan fingerprint density at radius 1 is 1.17 bits per heavy atom. The first kappa shape index (κ1) is 22.5. The van der Waals surface area contributed by atoms with Gasteiger partial charge in [0, 0.05) is 13.5 Å². The lowest BCUT2D eigenvalue weighted by molar-refractivity contribution is -0.304. The standard InChI is InChI=1S/C11H23NO4.2CH4/c1-4-10(2)9-16-15-8-7-14-6-5-12-11(3)13;;/h10H,4-9H2,1-3H3,(H,12,13);2*1H4. The van der Waals surface area contributed by atoms with Gasteiger partial charge in [-0.1, -0.05) is 35.1 Å². The van der Waals surface area contributed by atoms with E-state index in [0.717, 1.165) is 6.42 Å². The van der Waals surface area contributed by atoms with Gasteiger partial charge in [0.15, 0.2) is 0 Å². The van der Waals surface area contributed by atoms with E-state index in [4.69, 9.17) is 14.5 Å². The van der Waals surface area contributed by atoms with Crippen molar-refractivity contribution in [2.45, 2.75) is 42.0 Å². The van der Waals surface area contributed by atoms with Crippen molar-refractivity contribution in [3.63, 3.8) is 0 Å². The zero-order valence-corrected chi connectivity index (χ0v) is 10.5. The van der Waals surface area contributed by atoms with Gasteiger partial charge < -0.3 is 10.1 Å². The number of nitrogens with one attached hydrogen (secondary N) is 1. The van der Waals surface area contributed by atoms with Crippen molar-refractivity contribution in [1.82, 2.24) is 5.32 Å². The normalized spacial score (nSPS) is 11.1. The molecule has 0 aromatic carbocycles. The zero-order valence-electron chi connectivity index (χ0n) is 10.5. The maximum Gasteiger partial charge on any atom is 0.216 e. The molecule has 0 spiro atoms. The summed E-state index contributed by atoms with van der Waals surface area (Å²) in [6, 6.07) is 0. The van der Waals surface area contributed by atoms with Crippen LogP contribution in [0, 0.1) is 5.92 Å². The maximum absolute atomic E-state index is 10.5. The van der Waals surface area contributed by atoms with Crippen LogP contribution in [0.1, 0.15) is 42.0 Å². The first-order valence-electron chi connectivity index (χ1n) is 5.73. The van der Waals surface area contributed by atoms with E-state index in [-0.39, 0.29) is 20.8 Å². The summed E-state index contributed by atoms with van der Waals surface area (Å²) < 4.78 is 5.20. The Morgan fingerprint density at radius 2 is 1.83 bits per heavy atom. The van der Waals surface area contributed by atoms with Gasteiger partial charge in [0.05, 0.1) is 19.8 Å². The van der Waals surface area contributed by atoms with Crippen molar-refractivity contribution in [2.75, 3.05) is 33.0 Å². The molecule has 5 nitrogen and oxygen atoms in total. The number of carbonyl (C=O) groups excluding carboxylic acids is 1. The average Bonchev–Trinajstić information content (AvgIpc) is 2.26. The molecule has 0 rings (SSSR count). The Hall–Kier alpha value is -0.650. The van der Waals surface area contributed by atoms with E-state index in [1.807, 2.05) is 0 Å². The Labute approximate surface area is 112 Å². The molecule has 0 aromatic heterocycles.